The summed E-state index contributed by atoms with van der Waals surface area (Å²) < 4.78 is 5.23. The number of hydrogen-bond donors (Lipinski definition) is 2. The molecule has 0 radical (unpaired) electrons. The average Bonchev–Trinajstić information content (AvgIpc) is 3.23. The van der Waals surface area contributed by atoms with Crippen LogP contribution >= 0.6 is 23.4 Å². The number of fused-ring (bicyclic) bond motifs is 3. The Morgan fingerprint density at radius 3 is 3.03 bits per heavy atom. The summed E-state index contributed by atoms with van der Waals surface area (Å²) in [6.45, 7) is 3.17. The number of benzene rings is 1. The van der Waals surface area contributed by atoms with Crippen LogP contribution in [0.5, 0.6) is 5.75 Å². The fraction of sp³-hybridized carbons (Fsp3) is 0.591. The third kappa shape index (κ3) is 4.78. The second kappa shape index (κ2) is 10.2. The Morgan fingerprint density at radius 1 is 1.41 bits per heavy atom. The van der Waals surface area contributed by atoms with Gasteiger partial charge >= 0.3 is 0 Å². The van der Waals surface area contributed by atoms with E-state index in [1.165, 1.54) is 11.8 Å². The van der Waals surface area contributed by atoms with Crippen LogP contribution in [0.4, 0.5) is 0 Å². The molecule has 1 aliphatic carbocycles. The second-order valence-corrected chi connectivity index (χ2v) is 9.90. The van der Waals surface area contributed by atoms with Crippen molar-refractivity contribution in [1.29, 1.82) is 0 Å². The number of thioether (sulfide) groups is 1. The Hall–Kier alpha value is -2.13. The molecule has 0 bridgehead atoms. The molecule has 32 heavy (non-hydrogen) atoms. The normalized spacial score (nSPS) is 26.7. The number of carbonyl (C=O) groups is 2. The van der Waals surface area contributed by atoms with E-state index in [2.05, 4.69) is 27.7 Å². The van der Waals surface area contributed by atoms with Gasteiger partial charge in [-0.25, -0.2) is 0 Å². The lowest BCUT2D eigenvalue weighted by Crippen LogP contribution is -2.67. The topological polar surface area (TPSA) is 86.3 Å². The van der Waals surface area contributed by atoms with Gasteiger partial charge in [-0.2, -0.15) is 5.10 Å². The zero-order chi connectivity index (χ0) is 22.7. The summed E-state index contributed by atoms with van der Waals surface area (Å²) in [6, 6.07) is 7.70. The number of rotatable bonds is 7. The van der Waals surface area contributed by atoms with Gasteiger partial charge < -0.3 is 19.9 Å². The summed E-state index contributed by atoms with van der Waals surface area (Å²) in [6.07, 6.45) is 3.01. The van der Waals surface area contributed by atoms with Gasteiger partial charge in [0, 0.05) is 24.5 Å². The first-order chi connectivity index (χ1) is 15.5. The molecule has 3 aliphatic rings. The lowest BCUT2D eigenvalue weighted by Gasteiger charge is -2.51. The molecule has 4 unspecified atom stereocenters. The van der Waals surface area contributed by atoms with Gasteiger partial charge in [0.2, 0.25) is 11.8 Å². The van der Waals surface area contributed by atoms with E-state index in [1.807, 2.05) is 29.2 Å². The predicted octanol–water partition coefficient (Wildman–Crippen LogP) is 2.53. The number of carbonyl (C=O) groups excluding carboxylic acids is 2. The summed E-state index contributed by atoms with van der Waals surface area (Å²) in [5.41, 5.74) is 4.11. The maximum atomic E-state index is 13.1. The van der Waals surface area contributed by atoms with Crippen LogP contribution in [0.15, 0.2) is 29.4 Å². The molecule has 1 aromatic rings. The Balaban J connectivity index is 1.37. The van der Waals surface area contributed by atoms with Crippen molar-refractivity contribution in [1.82, 2.24) is 20.5 Å². The Morgan fingerprint density at radius 2 is 2.25 bits per heavy atom. The number of methoxy groups -OCH3 is 1. The summed E-state index contributed by atoms with van der Waals surface area (Å²) in [5, 5.41) is 8.26. The molecule has 1 aromatic carbocycles. The maximum absolute atomic E-state index is 13.1. The zero-order valence-corrected chi connectivity index (χ0v) is 20.0. The van der Waals surface area contributed by atoms with Gasteiger partial charge in [0.25, 0.3) is 0 Å². The molecule has 2 fully saturated rings. The summed E-state index contributed by atoms with van der Waals surface area (Å²) in [7, 11) is 1.62. The molecule has 4 atom stereocenters. The van der Waals surface area contributed by atoms with Crippen LogP contribution in [0.25, 0.3) is 0 Å². The fourth-order valence-corrected chi connectivity index (χ4v) is 5.84. The number of ether oxygens (including phenoxy) is 1. The van der Waals surface area contributed by atoms with Crippen molar-refractivity contribution >= 4 is 40.3 Å². The third-order valence-corrected chi connectivity index (χ3v) is 7.55. The van der Waals surface area contributed by atoms with Crippen molar-refractivity contribution in [3.63, 3.8) is 0 Å². The molecule has 2 amide bonds. The first-order valence-corrected chi connectivity index (χ1v) is 12.5. The van der Waals surface area contributed by atoms with Crippen LogP contribution in [0.3, 0.4) is 0 Å². The molecule has 2 heterocycles. The largest absolute Gasteiger partial charge is 0.497 e. The van der Waals surface area contributed by atoms with Gasteiger partial charge in [0.1, 0.15) is 5.75 Å². The molecule has 1 saturated heterocycles. The average molecular weight is 480 g/mol. The van der Waals surface area contributed by atoms with Crippen molar-refractivity contribution in [2.24, 2.45) is 11.0 Å². The van der Waals surface area contributed by atoms with Crippen LogP contribution < -0.4 is 15.5 Å². The number of amides is 2. The molecular weight excluding hydrogens is 450 g/mol. The maximum Gasteiger partial charge on any atom is 0.230 e. The SMILES string of the molecule is CCCN1C(=O)C2CC(Cl)CCC2N2C(SCC(=O)NCc3cccc(OC)c3)=NNC12. The van der Waals surface area contributed by atoms with E-state index in [1.54, 1.807) is 7.11 Å². The molecule has 2 N–H and O–H groups in total. The monoisotopic (exact) mass is 479 g/mol. The predicted molar refractivity (Wildman–Crippen MR) is 126 cm³/mol. The number of hydrazone groups is 1. The molecule has 0 spiro atoms. The molecule has 174 valence electrons. The van der Waals surface area contributed by atoms with E-state index in [9.17, 15) is 9.59 Å². The van der Waals surface area contributed by atoms with Crippen molar-refractivity contribution in [2.45, 2.75) is 56.9 Å². The Kier molecular flexibility index (Phi) is 7.35. The third-order valence-electron chi connectivity index (χ3n) is 6.18. The van der Waals surface area contributed by atoms with Gasteiger partial charge in [-0.15, -0.1) is 11.6 Å². The highest BCUT2D eigenvalue weighted by Gasteiger charge is 2.51. The number of alkyl halides is 1. The first kappa shape index (κ1) is 23.0. The van der Waals surface area contributed by atoms with Crippen LogP contribution in [0, 0.1) is 5.92 Å². The van der Waals surface area contributed by atoms with Gasteiger partial charge in [-0.05, 0) is 43.4 Å². The summed E-state index contributed by atoms with van der Waals surface area (Å²) in [5.74, 6) is 0.991. The number of amidine groups is 1. The van der Waals surface area contributed by atoms with Crippen LogP contribution in [0.1, 0.15) is 38.2 Å². The van der Waals surface area contributed by atoms with Gasteiger partial charge in [0.05, 0.1) is 18.8 Å². The Bertz CT molecular complexity index is 885. The van der Waals surface area contributed by atoms with Crippen LogP contribution in [0.2, 0.25) is 0 Å². The standard InChI is InChI=1S/C22H30ClN5O3S/c1-3-9-27-20(30)17-11-15(23)7-8-18(17)28-21(27)25-26-22(28)32-13-19(29)24-12-14-5-4-6-16(10-14)31-2/h4-6,10,15,17-18,21,25H,3,7-9,11-13H2,1-2H3,(H,24,29). The zero-order valence-electron chi connectivity index (χ0n) is 18.4. The highest BCUT2D eigenvalue weighted by atomic mass is 35.5. The molecule has 2 aliphatic heterocycles. The van der Waals surface area contributed by atoms with Gasteiger partial charge in [-0.3, -0.25) is 15.0 Å². The lowest BCUT2D eigenvalue weighted by molar-refractivity contribution is -0.155. The molecule has 0 aromatic heterocycles. The van der Waals surface area contributed by atoms with Crippen LogP contribution in [-0.2, 0) is 16.1 Å². The van der Waals surface area contributed by atoms with Crippen molar-refractivity contribution in [3.05, 3.63) is 29.8 Å². The lowest BCUT2D eigenvalue weighted by atomic mass is 9.81. The Labute approximate surface area is 198 Å². The van der Waals surface area contributed by atoms with E-state index in [4.69, 9.17) is 16.3 Å². The number of nitrogens with one attached hydrogen (secondary N) is 2. The minimum Gasteiger partial charge on any atom is -0.497 e. The quantitative estimate of drug-likeness (QED) is 0.584. The fourth-order valence-electron chi connectivity index (χ4n) is 4.66. The molecule has 10 heteroatoms. The van der Waals surface area contributed by atoms with E-state index in [0.717, 1.165) is 35.7 Å². The van der Waals surface area contributed by atoms with Gasteiger partial charge in [-0.1, -0.05) is 30.8 Å². The van der Waals surface area contributed by atoms with E-state index < -0.39 is 0 Å². The number of hydrogen-bond acceptors (Lipinski definition) is 7. The molecule has 4 rings (SSSR count). The second-order valence-electron chi connectivity index (χ2n) is 8.34. The number of nitrogens with zero attached hydrogens (tertiary/aromatic N) is 3. The van der Waals surface area contributed by atoms with Crippen molar-refractivity contribution < 1.29 is 14.3 Å². The van der Waals surface area contributed by atoms with Gasteiger partial charge in [0.15, 0.2) is 11.5 Å². The molecule has 1 saturated carbocycles. The minimum absolute atomic E-state index is 0.0335. The van der Waals surface area contributed by atoms with E-state index in [0.29, 0.717) is 19.5 Å². The summed E-state index contributed by atoms with van der Waals surface area (Å²) >= 11 is 7.82. The smallest absolute Gasteiger partial charge is 0.230 e. The first-order valence-electron chi connectivity index (χ1n) is 11.1. The van der Waals surface area contributed by atoms with Crippen molar-refractivity contribution in [2.75, 3.05) is 19.4 Å². The van der Waals surface area contributed by atoms with Crippen molar-refractivity contribution in [3.8, 4) is 5.75 Å². The number of halogens is 1. The van der Waals surface area contributed by atoms with E-state index >= 15 is 0 Å². The van der Waals surface area contributed by atoms with Crippen LogP contribution in [-0.4, -0.2) is 63.9 Å². The minimum atomic E-state index is -0.280. The molecule has 8 nitrogen and oxygen atoms in total. The highest BCUT2D eigenvalue weighted by molar-refractivity contribution is 8.14. The van der Waals surface area contributed by atoms with E-state index in [-0.39, 0.29) is 41.2 Å². The summed E-state index contributed by atoms with van der Waals surface area (Å²) in [4.78, 5) is 29.7. The highest BCUT2D eigenvalue weighted by Crippen LogP contribution is 2.40. The molecular formula is C22H30ClN5O3S.